The number of nitrogens with one attached hydrogen (secondary N) is 1. The van der Waals surface area contributed by atoms with Crippen LogP contribution in [0.15, 0.2) is 30.3 Å². The molecule has 0 bridgehead atoms. The summed E-state index contributed by atoms with van der Waals surface area (Å²) in [5.41, 5.74) is 1.45. The lowest BCUT2D eigenvalue weighted by Gasteiger charge is -2.29. The molecule has 0 amide bonds. The highest BCUT2D eigenvalue weighted by atomic mass is 35.5. The van der Waals surface area contributed by atoms with Gasteiger partial charge in [0.25, 0.3) is 0 Å². The van der Waals surface area contributed by atoms with Gasteiger partial charge in [-0.2, -0.15) is 0 Å². The van der Waals surface area contributed by atoms with Gasteiger partial charge in [0.2, 0.25) is 0 Å². The summed E-state index contributed by atoms with van der Waals surface area (Å²) >= 11 is 0. The largest absolute Gasteiger partial charge is 0.317 e. The Morgan fingerprint density at radius 3 is 2.68 bits per heavy atom. The molecule has 1 aliphatic heterocycles. The maximum Gasteiger partial charge on any atom is 0.0105 e. The standard InChI is InChI=1S/C16H26N2.ClH/c1-14(15-7-4-3-5-8-15)13-18(2)16-9-6-11-17-12-10-16;/h3-5,7-8,14,16-17H,6,9-13H2,1-2H3;1H. The Morgan fingerprint density at radius 2 is 1.95 bits per heavy atom. The Balaban J connectivity index is 0.00000180. The van der Waals surface area contributed by atoms with Crippen LogP contribution in [0.25, 0.3) is 0 Å². The highest BCUT2D eigenvalue weighted by molar-refractivity contribution is 5.85. The number of hydrogen-bond donors (Lipinski definition) is 1. The van der Waals surface area contributed by atoms with Crippen LogP contribution in [0.4, 0.5) is 0 Å². The second kappa shape index (κ2) is 8.57. The molecular weight excluding hydrogens is 256 g/mol. The molecule has 1 aliphatic rings. The molecule has 0 aliphatic carbocycles. The van der Waals surface area contributed by atoms with E-state index in [4.69, 9.17) is 0 Å². The van der Waals surface area contributed by atoms with Crippen LogP contribution in [0, 0.1) is 0 Å². The van der Waals surface area contributed by atoms with Gasteiger partial charge in [0, 0.05) is 12.6 Å². The van der Waals surface area contributed by atoms with Gasteiger partial charge in [0.05, 0.1) is 0 Å². The van der Waals surface area contributed by atoms with Crippen LogP contribution in [0.3, 0.4) is 0 Å². The van der Waals surface area contributed by atoms with Gasteiger partial charge < -0.3 is 10.2 Å². The molecule has 2 unspecified atom stereocenters. The molecule has 2 atom stereocenters. The lowest BCUT2D eigenvalue weighted by Crippen LogP contribution is -2.35. The zero-order valence-electron chi connectivity index (χ0n) is 12.1. The number of nitrogens with zero attached hydrogens (tertiary/aromatic N) is 1. The summed E-state index contributed by atoms with van der Waals surface area (Å²) in [6.45, 7) is 5.86. The second-order valence-electron chi connectivity index (χ2n) is 5.59. The Bertz CT molecular complexity index is 334. The minimum atomic E-state index is 0. The minimum absolute atomic E-state index is 0. The minimum Gasteiger partial charge on any atom is -0.317 e. The fourth-order valence-electron chi connectivity index (χ4n) is 2.91. The summed E-state index contributed by atoms with van der Waals surface area (Å²) < 4.78 is 0. The molecule has 1 fully saturated rings. The molecular formula is C16H27ClN2. The third kappa shape index (κ3) is 5.13. The Labute approximate surface area is 124 Å². The first-order valence-corrected chi connectivity index (χ1v) is 7.23. The normalized spacial score (nSPS) is 21.5. The molecule has 19 heavy (non-hydrogen) atoms. The van der Waals surface area contributed by atoms with E-state index in [1.54, 1.807) is 0 Å². The number of hydrogen-bond acceptors (Lipinski definition) is 2. The Kier molecular flexibility index (Phi) is 7.44. The van der Waals surface area contributed by atoms with Crippen LogP contribution < -0.4 is 5.32 Å². The van der Waals surface area contributed by atoms with Crippen molar-refractivity contribution in [3.8, 4) is 0 Å². The van der Waals surface area contributed by atoms with E-state index in [0.29, 0.717) is 5.92 Å². The molecule has 1 aromatic carbocycles. The van der Waals surface area contributed by atoms with E-state index in [1.807, 2.05) is 0 Å². The predicted molar refractivity (Wildman–Crippen MR) is 85.2 cm³/mol. The van der Waals surface area contributed by atoms with Crippen molar-refractivity contribution in [2.24, 2.45) is 0 Å². The van der Waals surface area contributed by atoms with E-state index in [1.165, 1.54) is 37.9 Å². The lowest BCUT2D eigenvalue weighted by atomic mass is 9.99. The fourth-order valence-corrected chi connectivity index (χ4v) is 2.91. The van der Waals surface area contributed by atoms with Crippen molar-refractivity contribution in [1.29, 1.82) is 0 Å². The number of likely N-dealkylation sites (N-methyl/N-ethyl adjacent to an activating group) is 1. The maximum absolute atomic E-state index is 3.49. The monoisotopic (exact) mass is 282 g/mol. The van der Waals surface area contributed by atoms with Crippen LogP contribution >= 0.6 is 12.4 Å². The summed E-state index contributed by atoms with van der Waals surface area (Å²) in [5, 5.41) is 3.49. The van der Waals surface area contributed by atoms with Crippen molar-refractivity contribution in [2.75, 3.05) is 26.7 Å². The zero-order valence-corrected chi connectivity index (χ0v) is 13.0. The molecule has 0 spiro atoms. The predicted octanol–water partition coefficient (Wildman–Crippen LogP) is 3.29. The lowest BCUT2D eigenvalue weighted by molar-refractivity contribution is 0.215. The van der Waals surface area contributed by atoms with Gasteiger partial charge in [-0.3, -0.25) is 0 Å². The van der Waals surface area contributed by atoms with Crippen LogP contribution in [0.2, 0.25) is 0 Å². The van der Waals surface area contributed by atoms with Crippen LogP contribution in [-0.2, 0) is 0 Å². The van der Waals surface area contributed by atoms with E-state index >= 15 is 0 Å². The summed E-state index contributed by atoms with van der Waals surface area (Å²) in [6.07, 6.45) is 3.94. The van der Waals surface area contributed by atoms with Gasteiger partial charge in [0.15, 0.2) is 0 Å². The van der Waals surface area contributed by atoms with Crippen LogP contribution in [-0.4, -0.2) is 37.6 Å². The van der Waals surface area contributed by atoms with Gasteiger partial charge in [0.1, 0.15) is 0 Å². The van der Waals surface area contributed by atoms with E-state index in [0.717, 1.165) is 12.6 Å². The van der Waals surface area contributed by atoms with Gasteiger partial charge in [-0.25, -0.2) is 0 Å². The Hall–Kier alpha value is -0.570. The van der Waals surface area contributed by atoms with Crippen molar-refractivity contribution < 1.29 is 0 Å². The zero-order chi connectivity index (χ0) is 12.8. The highest BCUT2D eigenvalue weighted by Gasteiger charge is 2.18. The summed E-state index contributed by atoms with van der Waals surface area (Å²) in [4.78, 5) is 2.56. The topological polar surface area (TPSA) is 15.3 Å². The smallest absolute Gasteiger partial charge is 0.0105 e. The molecule has 0 saturated carbocycles. The number of rotatable bonds is 4. The van der Waals surface area contributed by atoms with Crippen molar-refractivity contribution >= 4 is 12.4 Å². The van der Waals surface area contributed by atoms with E-state index in [2.05, 4.69) is 54.5 Å². The first-order valence-electron chi connectivity index (χ1n) is 7.23. The SMILES string of the molecule is CC(CN(C)C1CCCNCC1)c1ccccc1.Cl. The average molecular weight is 283 g/mol. The third-order valence-electron chi connectivity index (χ3n) is 4.10. The van der Waals surface area contributed by atoms with Gasteiger partial charge in [-0.15, -0.1) is 12.4 Å². The van der Waals surface area contributed by atoms with Crippen molar-refractivity contribution in [3.63, 3.8) is 0 Å². The molecule has 2 rings (SSSR count). The molecule has 108 valence electrons. The first-order chi connectivity index (χ1) is 8.77. The summed E-state index contributed by atoms with van der Waals surface area (Å²) in [5.74, 6) is 0.618. The van der Waals surface area contributed by atoms with Crippen molar-refractivity contribution in [2.45, 2.75) is 38.1 Å². The van der Waals surface area contributed by atoms with Crippen molar-refractivity contribution in [3.05, 3.63) is 35.9 Å². The third-order valence-corrected chi connectivity index (χ3v) is 4.10. The number of benzene rings is 1. The highest BCUT2D eigenvalue weighted by Crippen LogP contribution is 2.19. The van der Waals surface area contributed by atoms with Crippen molar-refractivity contribution in [1.82, 2.24) is 10.2 Å². The molecule has 0 aromatic heterocycles. The quantitative estimate of drug-likeness (QED) is 0.912. The van der Waals surface area contributed by atoms with E-state index in [-0.39, 0.29) is 12.4 Å². The number of halogens is 1. The first kappa shape index (κ1) is 16.5. The average Bonchev–Trinajstić information content (AvgIpc) is 2.68. The molecule has 1 saturated heterocycles. The van der Waals surface area contributed by atoms with E-state index in [9.17, 15) is 0 Å². The van der Waals surface area contributed by atoms with Gasteiger partial charge in [-0.05, 0) is 50.9 Å². The fraction of sp³-hybridized carbons (Fsp3) is 0.625. The Morgan fingerprint density at radius 1 is 1.21 bits per heavy atom. The molecule has 1 heterocycles. The van der Waals surface area contributed by atoms with Crippen LogP contribution in [0.1, 0.15) is 37.7 Å². The molecule has 1 aromatic rings. The molecule has 1 N–H and O–H groups in total. The summed E-state index contributed by atoms with van der Waals surface area (Å²) in [7, 11) is 2.29. The molecule has 2 nitrogen and oxygen atoms in total. The maximum atomic E-state index is 3.49. The van der Waals surface area contributed by atoms with Gasteiger partial charge in [-0.1, -0.05) is 37.3 Å². The second-order valence-corrected chi connectivity index (χ2v) is 5.59. The van der Waals surface area contributed by atoms with Gasteiger partial charge >= 0.3 is 0 Å². The van der Waals surface area contributed by atoms with Crippen LogP contribution in [0.5, 0.6) is 0 Å². The molecule has 3 heteroatoms. The molecule has 0 radical (unpaired) electrons. The van der Waals surface area contributed by atoms with E-state index < -0.39 is 0 Å². The summed E-state index contributed by atoms with van der Waals surface area (Å²) in [6, 6.07) is 11.6.